The Morgan fingerprint density at radius 1 is 1.62 bits per heavy atom. The zero-order chi connectivity index (χ0) is 5.98. The van der Waals surface area contributed by atoms with Gasteiger partial charge in [-0.15, -0.1) is 11.3 Å². The fourth-order valence-corrected chi connectivity index (χ4v) is 1.03. The van der Waals surface area contributed by atoms with E-state index >= 15 is 0 Å². The highest BCUT2D eigenvalue weighted by Gasteiger charge is 1.90. The largest absolute Gasteiger partial charge is 0.487 e. The fourth-order valence-electron chi connectivity index (χ4n) is 0.444. The molecule has 0 fully saturated rings. The third-order valence-corrected chi connectivity index (χ3v) is 1.68. The van der Waals surface area contributed by atoms with Gasteiger partial charge in [0.25, 0.3) is 0 Å². The predicted molar refractivity (Wildman–Crippen MR) is 36.3 cm³/mol. The Bertz CT molecular complexity index is 173. The van der Waals surface area contributed by atoms with Gasteiger partial charge < -0.3 is 4.74 Å². The van der Waals surface area contributed by atoms with Gasteiger partial charge in [-0.1, -0.05) is 6.07 Å². The molecule has 0 spiro atoms. The number of methoxy groups -OCH3 is 1. The van der Waals surface area contributed by atoms with Gasteiger partial charge in [-0.3, -0.25) is 0 Å². The summed E-state index contributed by atoms with van der Waals surface area (Å²) in [5, 5.41) is 0.863. The molecule has 1 nitrogen and oxygen atoms in total. The number of hydrogen-bond donors (Lipinski definition) is 0. The van der Waals surface area contributed by atoms with Gasteiger partial charge in [0.1, 0.15) is 7.85 Å². The lowest BCUT2D eigenvalue weighted by atomic mass is 10.1. The third kappa shape index (κ3) is 1.04. The predicted octanol–water partition coefficient (Wildman–Crippen LogP) is 0.550. The molecule has 3 heteroatoms. The summed E-state index contributed by atoms with van der Waals surface area (Å²) in [5.74, 6) is 0. The minimum Gasteiger partial charge on any atom is -0.487 e. The molecule has 1 aromatic heterocycles. The van der Waals surface area contributed by atoms with Crippen LogP contribution >= 0.6 is 11.3 Å². The Labute approximate surface area is 53.7 Å². The van der Waals surface area contributed by atoms with Crippen molar-refractivity contribution in [1.82, 2.24) is 0 Å². The van der Waals surface area contributed by atoms with Crippen molar-refractivity contribution >= 4 is 24.0 Å². The smallest absolute Gasteiger partial charge is 0.172 e. The van der Waals surface area contributed by atoms with E-state index in [9.17, 15) is 0 Å². The minimum absolute atomic E-state index is 0.793. The van der Waals surface area contributed by atoms with E-state index < -0.39 is 0 Å². The second-order valence-corrected chi connectivity index (χ2v) is 2.44. The average Bonchev–Trinajstić information content (AvgIpc) is 2.14. The van der Waals surface area contributed by atoms with Crippen LogP contribution in [-0.4, -0.2) is 15.0 Å². The van der Waals surface area contributed by atoms with Gasteiger partial charge >= 0.3 is 0 Å². The third-order valence-electron chi connectivity index (χ3n) is 0.803. The highest BCUT2D eigenvalue weighted by atomic mass is 32.1. The molecule has 0 saturated heterocycles. The van der Waals surface area contributed by atoms with Gasteiger partial charge in [-0.05, 0) is 10.8 Å². The van der Waals surface area contributed by atoms with Crippen molar-refractivity contribution < 1.29 is 4.74 Å². The maximum atomic E-state index is 5.39. The van der Waals surface area contributed by atoms with Crippen LogP contribution in [0.3, 0.4) is 0 Å². The van der Waals surface area contributed by atoms with Crippen LogP contribution in [0.1, 0.15) is 0 Å². The molecule has 0 aliphatic carbocycles. The second kappa shape index (κ2) is 2.22. The monoisotopic (exact) mass is 124 g/mol. The second-order valence-electron chi connectivity index (χ2n) is 1.36. The average molecular weight is 124 g/mol. The topological polar surface area (TPSA) is 9.23 Å². The van der Waals surface area contributed by atoms with Crippen LogP contribution in [-0.2, 0) is 0 Å². The first kappa shape index (κ1) is 5.70. The van der Waals surface area contributed by atoms with Crippen LogP contribution in [0.2, 0.25) is 0 Å². The van der Waals surface area contributed by atoms with Crippen molar-refractivity contribution in [2.75, 3.05) is 7.11 Å². The molecule has 2 radical (unpaired) electrons. The first-order valence-electron chi connectivity index (χ1n) is 2.22. The summed E-state index contributed by atoms with van der Waals surface area (Å²) in [6.07, 6.45) is 0. The first-order chi connectivity index (χ1) is 3.83. The number of thiophene rings is 1. The Kier molecular flexibility index (Phi) is 1.58. The zero-order valence-corrected chi connectivity index (χ0v) is 5.37. The van der Waals surface area contributed by atoms with Gasteiger partial charge in [0.05, 0.1) is 7.11 Å². The SMILES string of the molecule is [B]c1ccc(OC)s1. The lowest BCUT2D eigenvalue weighted by Gasteiger charge is -1.87. The molecule has 0 amide bonds. The Hall–Kier alpha value is -0.435. The van der Waals surface area contributed by atoms with Crippen molar-refractivity contribution in [3.05, 3.63) is 12.1 Å². The summed E-state index contributed by atoms with van der Waals surface area (Å²) in [4.78, 5) is 0. The van der Waals surface area contributed by atoms with Crippen molar-refractivity contribution in [2.24, 2.45) is 0 Å². The van der Waals surface area contributed by atoms with Crippen molar-refractivity contribution in [3.8, 4) is 5.06 Å². The van der Waals surface area contributed by atoms with Gasteiger partial charge in [0.15, 0.2) is 5.06 Å². The molecule has 1 heterocycles. The molecule has 40 valence electrons. The first-order valence-corrected chi connectivity index (χ1v) is 3.04. The molecule has 0 saturated carbocycles. The van der Waals surface area contributed by atoms with Gasteiger partial charge in [0.2, 0.25) is 0 Å². The maximum absolute atomic E-state index is 5.39. The van der Waals surface area contributed by atoms with Crippen LogP contribution in [0, 0.1) is 0 Å². The van der Waals surface area contributed by atoms with Crippen LogP contribution in [0.25, 0.3) is 0 Å². The van der Waals surface area contributed by atoms with E-state index in [2.05, 4.69) is 0 Å². The maximum Gasteiger partial charge on any atom is 0.172 e. The molecule has 0 N–H and O–H groups in total. The van der Waals surface area contributed by atoms with Crippen LogP contribution in [0.15, 0.2) is 12.1 Å². The summed E-state index contributed by atoms with van der Waals surface area (Å²) in [5.41, 5.74) is 0. The normalized spacial score (nSPS) is 9.12. The van der Waals surface area contributed by atoms with Crippen molar-refractivity contribution in [3.63, 3.8) is 0 Å². The molecule has 0 aliphatic heterocycles. The molecule has 0 aromatic carbocycles. The summed E-state index contributed by atoms with van der Waals surface area (Å²) in [6, 6.07) is 3.67. The molecule has 0 bridgehead atoms. The van der Waals surface area contributed by atoms with Gasteiger partial charge in [0, 0.05) is 0 Å². The highest BCUT2D eigenvalue weighted by Crippen LogP contribution is 2.13. The quantitative estimate of drug-likeness (QED) is 0.496. The highest BCUT2D eigenvalue weighted by molar-refractivity contribution is 7.21. The van der Waals surface area contributed by atoms with Gasteiger partial charge in [-0.2, -0.15) is 0 Å². The number of ether oxygens (including phenoxy) is 1. The van der Waals surface area contributed by atoms with E-state index in [1.807, 2.05) is 12.1 Å². The summed E-state index contributed by atoms with van der Waals surface area (Å²) in [6.45, 7) is 0. The summed E-state index contributed by atoms with van der Waals surface area (Å²) < 4.78 is 5.67. The molecule has 0 aliphatic rings. The lowest BCUT2D eigenvalue weighted by Crippen LogP contribution is -1.88. The van der Waals surface area contributed by atoms with Gasteiger partial charge in [-0.25, -0.2) is 0 Å². The molecule has 0 atom stereocenters. The molecule has 1 aromatic rings. The fraction of sp³-hybridized carbons (Fsp3) is 0.200. The van der Waals surface area contributed by atoms with Crippen LogP contribution < -0.4 is 9.51 Å². The lowest BCUT2D eigenvalue weighted by molar-refractivity contribution is 0.427. The van der Waals surface area contributed by atoms with Crippen molar-refractivity contribution in [2.45, 2.75) is 0 Å². The molecule has 1 rings (SSSR count). The zero-order valence-electron chi connectivity index (χ0n) is 4.55. The molecular weight excluding hydrogens is 119 g/mol. The van der Waals surface area contributed by atoms with Crippen molar-refractivity contribution in [1.29, 1.82) is 0 Å². The van der Waals surface area contributed by atoms with Crippen LogP contribution in [0.5, 0.6) is 5.06 Å². The standard InChI is InChI=1S/C5H5BOS/c1-7-5-3-2-4(6)8-5/h2-3H,1H3. The Balaban J connectivity index is 2.84. The van der Waals surface area contributed by atoms with Crippen LogP contribution in [0.4, 0.5) is 0 Å². The Morgan fingerprint density at radius 2 is 2.38 bits per heavy atom. The number of hydrogen-bond acceptors (Lipinski definition) is 2. The molecular formula is C5H5BOS. The number of rotatable bonds is 1. The van der Waals surface area contributed by atoms with E-state index in [0.29, 0.717) is 0 Å². The molecule has 8 heavy (non-hydrogen) atoms. The van der Waals surface area contributed by atoms with E-state index in [0.717, 1.165) is 9.84 Å². The Morgan fingerprint density at radius 3 is 2.62 bits per heavy atom. The minimum atomic E-state index is 0.793. The molecule has 0 unspecified atom stereocenters. The van der Waals surface area contributed by atoms with E-state index in [-0.39, 0.29) is 0 Å². The summed E-state index contributed by atoms with van der Waals surface area (Å²) >= 11 is 1.44. The summed E-state index contributed by atoms with van der Waals surface area (Å²) in [7, 11) is 7.02. The van der Waals surface area contributed by atoms with E-state index in [1.54, 1.807) is 7.11 Å². The van der Waals surface area contributed by atoms with E-state index in [4.69, 9.17) is 12.6 Å². The van der Waals surface area contributed by atoms with E-state index in [1.165, 1.54) is 11.3 Å².